The number of hydrogen-bond donors (Lipinski definition) is 2. The van der Waals surface area contributed by atoms with Gasteiger partial charge >= 0.3 is 0 Å². The summed E-state index contributed by atoms with van der Waals surface area (Å²) >= 11 is 0. The molecule has 4 nitrogen and oxygen atoms in total. The predicted molar refractivity (Wildman–Crippen MR) is 74.9 cm³/mol. The number of hydrogen-bond acceptors (Lipinski definition) is 3. The van der Waals surface area contributed by atoms with Crippen molar-refractivity contribution in [1.29, 1.82) is 0 Å². The molecule has 0 aliphatic heterocycles. The summed E-state index contributed by atoms with van der Waals surface area (Å²) < 4.78 is 40.2. The fourth-order valence-corrected chi connectivity index (χ4v) is 4.83. The number of rotatable bonds is 4. The van der Waals surface area contributed by atoms with Crippen LogP contribution in [-0.2, 0) is 10.0 Å². The van der Waals surface area contributed by atoms with Crippen molar-refractivity contribution >= 4 is 15.7 Å². The summed E-state index contributed by atoms with van der Waals surface area (Å²) in [5, 5.41) is 0. The fourth-order valence-electron chi connectivity index (χ4n) is 3.67. The molecule has 1 aromatic carbocycles. The van der Waals surface area contributed by atoms with Crippen LogP contribution < -0.4 is 10.5 Å². The molecule has 0 amide bonds. The molecule has 2 fully saturated rings. The van der Waals surface area contributed by atoms with Crippen molar-refractivity contribution in [3.8, 4) is 0 Å². The van der Waals surface area contributed by atoms with Crippen molar-refractivity contribution in [1.82, 2.24) is 4.72 Å². The van der Waals surface area contributed by atoms with Gasteiger partial charge in [0.05, 0.1) is 4.90 Å². The summed E-state index contributed by atoms with van der Waals surface area (Å²) in [4.78, 5) is -0.0989. The Morgan fingerprint density at radius 3 is 2.65 bits per heavy atom. The number of nitrogen functional groups attached to an aromatic ring is 1. The first-order chi connectivity index (χ1) is 9.44. The lowest BCUT2D eigenvalue weighted by molar-refractivity contribution is 0.333. The van der Waals surface area contributed by atoms with E-state index in [0.717, 1.165) is 24.5 Å². The summed E-state index contributed by atoms with van der Waals surface area (Å²) in [7, 11) is -3.68. The maximum Gasteiger partial charge on any atom is 0.240 e. The topological polar surface area (TPSA) is 72.2 Å². The second-order valence-electron chi connectivity index (χ2n) is 6.01. The molecule has 2 bridgehead atoms. The van der Waals surface area contributed by atoms with Crippen LogP contribution in [0.4, 0.5) is 10.1 Å². The van der Waals surface area contributed by atoms with E-state index >= 15 is 0 Å². The maximum absolute atomic E-state index is 13.2. The normalized spacial score (nSPS) is 28.9. The van der Waals surface area contributed by atoms with Gasteiger partial charge in [-0.15, -0.1) is 0 Å². The van der Waals surface area contributed by atoms with Crippen LogP contribution >= 0.6 is 0 Å². The molecule has 3 rings (SSSR count). The van der Waals surface area contributed by atoms with Crippen molar-refractivity contribution in [2.45, 2.75) is 30.6 Å². The fraction of sp³-hybridized carbons (Fsp3) is 0.571. The van der Waals surface area contributed by atoms with E-state index in [1.54, 1.807) is 0 Å². The van der Waals surface area contributed by atoms with Crippen LogP contribution in [0.15, 0.2) is 23.1 Å². The third-order valence-electron chi connectivity index (χ3n) is 4.62. The summed E-state index contributed by atoms with van der Waals surface area (Å²) in [6.07, 6.45) is 4.84. The first-order valence-electron chi connectivity index (χ1n) is 7.00. The molecular weight excluding hydrogens is 279 g/mol. The van der Waals surface area contributed by atoms with Crippen molar-refractivity contribution in [2.75, 3.05) is 12.3 Å². The average molecular weight is 298 g/mol. The van der Waals surface area contributed by atoms with Gasteiger partial charge in [-0.25, -0.2) is 17.5 Å². The molecule has 2 aliphatic rings. The van der Waals surface area contributed by atoms with Crippen LogP contribution in [0.25, 0.3) is 0 Å². The van der Waals surface area contributed by atoms with Gasteiger partial charge in [-0.2, -0.15) is 0 Å². The molecule has 1 aromatic rings. The molecule has 3 N–H and O–H groups in total. The van der Waals surface area contributed by atoms with Gasteiger partial charge in [-0.1, -0.05) is 6.42 Å². The second-order valence-corrected chi connectivity index (χ2v) is 7.77. The third-order valence-corrected chi connectivity index (χ3v) is 6.03. The molecule has 0 radical (unpaired) electrons. The molecule has 0 aromatic heterocycles. The SMILES string of the molecule is Nc1cc(F)cc(S(=O)(=O)NCC2CC3CCC2C3)c1. The Labute approximate surface area is 118 Å². The minimum Gasteiger partial charge on any atom is -0.399 e. The molecule has 0 saturated heterocycles. The van der Waals surface area contributed by atoms with Crippen LogP contribution in [-0.4, -0.2) is 15.0 Å². The average Bonchev–Trinajstić information content (AvgIpc) is 2.97. The Morgan fingerprint density at radius 1 is 1.25 bits per heavy atom. The highest BCUT2D eigenvalue weighted by molar-refractivity contribution is 7.89. The van der Waals surface area contributed by atoms with E-state index in [-0.39, 0.29) is 10.6 Å². The second kappa shape index (κ2) is 5.00. The predicted octanol–water partition coefficient (Wildman–Crippen LogP) is 2.12. The smallest absolute Gasteiger partial charge is 0.240 e. The van der Waals surface area contributed by atoms with E-state index in [9.17, 15) is 12.8 Å². The molecular formula is C14H19FN2O2S. The van der Waals surface area contributed by atoms with Crippen molar-refractivity contribution < 1.29 is 12.8 Å². The van der Waals surface area contributed by atoms with Gasteiger partial charge in [0.2, 0.25) is 10.0 Å². The molecule has 20 heavy (non-hydrogen) atoms. The van der Waals surface area contributed by atoms with Gasteiger partial charge in [-0.3, -0.25) is 0 Å². The molecule has 6 heteroatoms. The Morgan fingerprint density at radius 2 is 2.05 bits per heavy atom. The van der Waals surface area contributed by atoms with E-state index < -0.39 is 15.8 Å². The van der Waals surface area contributed by atoms with Crippen LogP contribution in [0.2, 0.25) is 0 Å². The Kier molecular flexibility index (Phi) is 3.46. The van der Waals surface area contributed by atoms with E-state index in [1.165, 1.54) is 25.3 Å². The van der Waals surface area contributed by atoms with E-state index in [4.69, 9.17) is 5.73 Å². The van der Waals surface area contributed by atoms with Crippen molar-refractivity contribution in [3.63, 3.8) is 0 Å². The lowest BCUT2D eigenvalue weighted by atomic mass is 9.89. The highest BCUT2D eigenvalue weighted by Crippen LogP contribution is 2.48. The molecule has 110 valence electrons. The zero-order valence-corrected chi connectivity index (χ0v) is 12.0. The van der Waals surface area contributed by atoms with Crippen LogP contribution in [0.5, 0.6) is 0 Å². The minimum absolute atomic E-state index is 0.0989. The first-order valence-corrected chi connectivity index (χ1v) is 8.48. The van der Waals surface area contributed by atoms with Gasteiger partial charge in [0.15, 0.2) is 0 Å². The van der Waals surface area contributed by atoms with Crippen molar-refractivity contribution in [3.05, 3.63) is 24.0 Å². The molecule has 3 unspecified atom stereocenters. The molecule has 2 saturated carbocycles. The number of benzene rings is 1. The van der Waals surface area contributed by atoms with Gasteiger partial charge in [0.1, 0.15) is 5.82 Å². The monoisotopic (exact) mass is 298 g/mol. The molecule has 0 spiro atoms. The largest absolute Gasteiger partial charge is 0.399 e. The lowest BCUT2D eigenvalue weighted by Gasteiger charge is -2.21. The molecule has 2 aliphatic carbocycles. The third kappa shape index (κ3) is 2.67. The summed E-state index contributed by atoms with van der Waals surface area (Å²) in [5.41, 5.74) is 5.61. The quantitative estimate of drug-likeness (QED) is 0.836. The van der Waals surface area contributed by atoms with E-state index in [0.29, 0.717) is 18.4 Å². The van der Waals surface area contributed by atoms with Gasteiger partial charge < -0.3 is 5.73 Å². The highest BCUT2D eigenvalue weighted by Gasteiger charge is 2.39. The standard InChI is InChI=1S/C14H19FN2O2S/c15-12-5-13(16)7-14(6-12)20(18,19)17-8-11-4-9-1-2-10(11)3-9/h5-7,9-11,17H,1-4,8,16H2. The van der Waals surface area contributed by atoms with Gasteiger partial charge in [0, 0.05) is 12.2 Å². The van der Waals surface area contributed by atoms with E-state index in [1.807, 2.05) is 0 Å². The van der Waals surface area contributed by atoms with Crippen molar-refractivity contribution in [2.24, 2.45) is 17.8 Å². The zero-order chi connectivity index (χ0) is 14.3. The van der Waals surface area contributed by atoms with Crippen LogP contribution in [0.3, 0.4) is 0 Å². The molecule has 0 heterocycles. The number of anilines is 1. The summed E-state index contributed by atoms with van der Waals surface area (Å²) in [6, 6.07) is 3.39. The Balaban J connectivity index is 1.69. The van der Waals surface area contributed by atoms with E-state index in [2.05, 4.69) is 4.72 Å². The number of sulfonamides is 1. The Bertz CT molecular complexity index is 597. The number of halogens is 1. The van der Waals surface area contributed by atoms with Gasteiger partial charge in [-0.05, 0) is 55.2 Å². The molecule has 3 atom stereocenters. The highest BCUT2D eigenvalue weighted by atomic mass is 32.2. The van der Waals surface area contributed by atoms with Crippen LogP contribution in [0.1, 0.15) is 25.7 Å². The van der Waals surface area contributed by atoms with Crippen LogP contribution in [0, 0.1) is 23.6 Å². The number of nitrogens with one attached hydrogen (secondary N) is 1. The van der Waals surface area contributed by atoms with Gasteiger partial charge in [0.25, 0.3) is 0 Å². The zero-order valence-electron chi connectivity index (χ0n) is 11.2. The lowest BCUT2D eigenvalue weighted by Crippen LogP contribution is -2.31. The number of nitrogens with two attached hydrogens (primary N) is 1. The Hall–Kier alpha value is -1.14. The minimum atomic E-state index is -3.68. The summed E-state index contributed by atoms with van der Waals surface area (Å²) in [5.74, 6) is 1.22. The summed E-state index contributed by atoms with van der Waals surface area (Å²) in [6.45, 7) is 0.444. The maximum atomic E-state index is 13.2. The number of fused-ring (bicyclic) bond motifs is 2. The first kappa shape index (κ1) is 13.8.